The van der Waals surface area contributed by atoms with Crippen LogP contribution in [-0.2, 0) is 32.4 Å². The maximum Gasteiger partial charge on any atom is 0.310 e. The minimum atomic E-state index is -3.63. The number of esters is 1. The molecule has 0 aliphatic heterocycles. The van der Waals surface area contributed by atoms with Crippen LogP contribution < -0.4 is 4.72 Å². The fourth-order valence-corrected chi connectivity index (χ4v) is 3.47. The van der Waals surface area contributed by atoms with Gasteiger partial charge in [0.15, 0.2) is 0 Å². The molecular formula is C19H23NO4S. The lowest BCUT2D eigenvalue weighted by molar-refractivity contribution is -0.142. The van der Waals surface area contributed by atoms with Crippen molar-refractivity contribution in [2.45, 2.75) is 38.0 Å². The Balaban J connectivity index is 2.05. The first-order valence-electron chi connectivity index (χ1n) is 8.31. The summed E-state index contributed by atoms with van der Waals surface area (Å²) in [6.07, 6.45) is 2.11. The lowest BCUT2D eigenvalue weighted by Crippen LogP contribution is -2.13. The Morgan fingerprint density at radius 2 is 1.56 bits per heavy atom. The molecule has 0 fully saturated rings. The highest BCUT2D eigenvalue weighted by Crippen LogP contribution is 2.18. The number of sulfonamides is 1. The molecule has 0 aliphatic carbocycles. The van der Waals surface area contributed by atoms with Crippen molar-refractivity contribution in [2.75, 3.05) is 11.3 Å². The third-order valence-corrected chi connectivity index (χ3v) is 5.03. The second-order valence-corrected chi connectivity index (χ2v) is 7.36. The Kier molecular flexibility index (Phi) is 6.58. The normalized spacial score (nSPS) is 11.1. The van der Waals surface area contributed by atoms with Crippen LogP contribution in [0, 0.1) is 0 Å². The zero-order chi connectivity index (χ0) is 18.3. The first-order chi connectivity index (χ1) is 11.9. The van der Waals surface area contributed by atoms with E-state index in [1.165, 1.54) is 0 Å². The molecule has 0 radical (unpaired) electrons. The summed E-state index contributed by atoms with van der Waals surface area (Å²) in [6, 6.07) is 13.6. The first kappa shape index (κ1) is 19.0. The number of hydrogen-bond acceptors (Lipinski definition) is 4. The zero-order valence-corrected chi connectivity index (χ0v) is 15.3. The maximum absolute atomic E-state index is 12.4. The number of anilines is 1. The van der Waals surface area contributed by atoms with Gasteiger partial charge in [0.05, 0.1) is 17.9 Å². The van der Waals surface area contributed by atoms with Gasteiger partial charge in [0, 0.05) is 5.69 Å². The quantitative estimate of drug-likeness (QED) is 0.730. The van der Waals surface area contributed by atoms with Gasteiger partial charge in [-0.25, -0.2) is 8.42 Å². The van der Waals surface area contributed by atoms with Crippen LogP contribution in [0.5, 0.6) is 0 Å². The monoisotopic (exact) mass is 361 g/mol. The molecule has 0 amide bonds. The van der Waals surface area contributed by atoms with Crippen molar-refractivity contribution in [3.63, 3.8) is 0 Å². The summed E-state index contributed by atoms with van der Waals surface area (Å²) in [6.45, 7) is 4.18. The molecular weight excluding hydrogens is 338 g/mol. The highest BCUT2D eigenvalue weighted by atomic mass is 32.2. The van der Waals surface area contributed by atoms with Gasteiger partial charge in [-0.3, -0.25) is 9.52 Å². The molecule has 134 valence electrons. The van der Waals surface area contributed by atoms with Gasteiger partial charge in [-0.15, -0.1) is 0 Å². The largest absolute Gasteiger partial charge is 0.466 e. The molecule has 0 saturated heterocycles. The third-order valence-electron chi connectivity index (χ3n) is 3.63. The molecule has 2 rings (SSSR count). The standard InChI is InChI=1S/C19H23NO4S/c1-3-5-15-8-12-18(13-9-15)25(22,23)20-17-10-6-16(7-11-17)14-19(21)24-4-2/h6-13,20H,3-5,14H2,1-2H3. The Labute approximate surface area is 149 Å². The van der Waals surface area contributed by atoms with Gasteiger partial charge in [0.25, 0.3) is 10.0 Å². The van der Waals surface area contributed by atoms with Gasteiger partial charge in [-0.1, -0.05) is 37.6 Å². The minimum absolute atomic E-state index is 0.166. The molecule has 1 N–H and O–H groups in total. The van der Waals surface area contributed by atoms with Gasteiger partial charge in [-0.05, 0) is 48.7 Å². The van der Waals surface area contributed by atoms with Crippen LogP contribution in [0.3, 0.4) is 0 Å². The molecule has 25 heavy (non-hydrogen) atoms. The summed E-state index contributed by atoms with van der Waals surface area (Å²) in [7, 11) is -3.63. The Morgan fingerprint density at radius 3 is 2.12 bits per heavy atom. The number of aryl methyl sites for hydroxylation is 1. The second-order valence-electron chi connectivity index (χ2n) is 5.68. The van der Waals surface area contributed by atoms with Crippen molar-refractivity contribution in [1.29, 1.82) is 0 Å². The summed E-state index contributed by atoms with van der Waals surface area (Å²) >= 11 is 0. The maximum atomic E-state index is 12.4. The molecule has 0 unspecified atom stereocenters. The van der Waals surface area contributed by atoms with E-state index in [1.807, 2.05) is 12.1 Å². The Morgan fingerprint density at radius 1 is 0.960 bits per heavy atom. The average molecular weight is 361 g/mol. The molecule has 2 aromatic carbocycles. The Hall–Kier alpha value is -2.34. The summed E-state index contributed by atoms with van der Waals surface area (Å²) in [4.78, 5) is 11.7. The van der Waals surface area contributed by atoms with Gasteiger partial charge in [0.1, 0.15) is 0 Å². The minimum Gasteiger partial charge on any atom is -0.466 e. The first-order valence-corrected chi connectivity index (χ1v) is 9.79. The molecule has 0 saturated carbocycles. The van der Waals surface area contributed by atoms with Gasteiger partial charge < -0.3 is 4.74 Å². The van der Waals surface area contributed by atoms with Crippen molar-refractivity contribution in [2.24, 2.45) is 0 Å². The van der Waals surface area contributed by atoms with Crippen LogP contribution in [0.15, 0.2) is 53.4 Å². The van der Waals surface area contributed by atoms with Gasteiger partial charge >= 0.3 is 5.97 Å². The number of nitrogens with one attached hydrogen (secondary N) is 1. The van der Waals surface area contributed by atoms with E-state index in [9.17, 15) is 13.2 Å². The van der Waals surface area contributed by atoms with Gasteiger partial charge in [-0.2, -0.15) is 0 Å². The van der Waals surface area contributed by atoms with Crippen molar-refractivity contribution in [3.8, 4) is 0 Å². The third kappa shape index (κ3) is 5.60. The van der Waals surface area contributed by atoms with E-state index in [0.717, 1.165) is 24.0 Å². The molecule has 0 bridgehead atoms. The fraction of sp³-hybridized carbons (Fsp3) is 0.316. The topological polar surface area (TPSA) is 72.5 Å². The van der Waals surface area contributed by atoms with E-state index in [0.29, 0.717) is 12.3 Å². The number of carbonyl (C=O) groups is 1. The van der Waals surface area contributed by atoms with Crippen LogP contribution in [0.4, 0.5) is 5.69 Å². The molecule has 0 aromatic heterocycles. The van der Waals surface area contributed by atoms with Crippen molar-refractivity contribution in [3.05, 3.63) is 59.7 Å². The van der Waals surface area contributed by atoms with Gasteiger partial charge in [0.2, 0.25) is 0 Å². The smallest absolute Gasteiger partial charge is 0.310 e. The lowest BCUT2D eigenvalue weighted by atomic mass is 10.1. The van der Waals surface area contributed by atoms with Crippen LogP contribution in [0.25, 0.3) is 0 Å². The van der Waals surface area contributed by atoms with Crippen molar-refractivity contribution < 1.29 is 17.9 Å². The van der Waals surface area contributed by atoms with E-state index in [2.05, 4.69) is 11.6 Å². The molecule has 6 heteroatoms. The van der Waals surface area contributed by atoms with Crippen molar-refractivity contribution >= 4 is 21.7 Å². The van der Waals surface area contributed by atoms with E-state index in [4.69, 9.17) is 4.74 Å². The number of ether oxygens (including phenoxy) is 1. The molecule has 2 aromatic rings. The molecule has 0 spiro atoms. The second kappa shape index (κ2) is 8.67. The summed E-state index contributed by atoms with van der Waals surface area (Å²) in [5.74, 6) is -0.303. The number of rotatable bonds is 8. The average Bonchev–Trinajstić information content (AvgIpc) is 2.57. The number of benzene rings is 2. The van der Waals surface area contributed by atoms with Crippen molar-refractivity contribution in [1.82, 2.24) is 0 Å². The summed E-state index contributed by atoms with van der Waals surface area (Å²) in [5, 5.41) is 0. The van der Waals surface area contributed by atoms with Crippen LogP contribution in [0.2, 0.25) is 0 Å². The summed E-state index contributed by atoms with van der Waals surface area (Å²) in [5.41, 5.74) is 2.33. The van der Waals surface area contributed by atoms with E-state index < -0.39 is 10.0 Å². The molecule has 0 heterocycles. The molecule has 0 aliphatic rings. The predicted octanol–water partition coefficient (Wildman–Crippen LogP) is 3.55. The highest BCUT2D eigenvalue weighted by Gasteiger charge is 2.14. The lowest BCUT2D eigenvalue weighted by Gasteiger charge is -2.09. The molecule has 5 nitrogen and oxygen atoms in total. The van der Waals surface area contributed by atoms with Crippen LogP contribution in [0.1, 0.15) is 31.4 Å². The van der Waals surface area contributed by atoms with E-state index in [-0.39, 0.29) is 17.3 Å². The van der Waals surface area contributed by atoms with E-state index >= 15 is 0 Å². The molecule has 0 atom stereocenters. The highest BCUT2D eigenvalue weighted by molar-refractivity contribution is 7.92. The number of carbonyl (C=O) groups excluding carboxylic acids is 1. The van der Waals surface area contributed by atoms with Crippen LogP contribution >= 0.6 is 0 Å². The fourth-order valence-electron chi connectivity index (χ4n) is 2.41. The zero-order valence-electron chi connectivity index (χ0n) is 14.5. The Bertz CT molecular complexity index is 796. The predicted molar refractivity (Wildman–Crippen MR) is 98.0 cm³/mol. The number of hydrogen-bond donors (Lipinski definition) is 1. The van der Waals surface area contributed by atoms with E-state index in [1.54, 1.807) is 43.3 Å². The summed E-state index contributed by atoms with van der Waals surface area (Å²) < 4.78 is 32.3. The SMILES string of the molecule is CCCc1ccc(S(=O)(=O)Nc2ccc(CC(=O)OCC)cc2)cc1. The van der Waals surface area contributed by atoms with Crippen LogP contribution in [-0.4, -0.2) is 21.0 Å².